The third kappa shape index (κ3) is 3.31. The maximum absolute atomic E-state index is 12.6. The number of furan rings is 1. The van der Waals surface area contributed by atoms with Gasteiger partial charge in [-0.05, 0) is 43.0 Å². The number of fused-ring (bicyclic) bond motifs is 1. The summed E-state index contributed by atoms with van der Waals surface area (Å²) in [5.74, 6) is 1.08. The topological polar surface area (TPSA) is 42.2 Å². The van der Waals surface area contributed by atoms with Gasteiger partial charge >= 0.3 is 0 Å². The molecular formula is C18H16BrNO2S. The normalized spacial score (nSPS) is 10.9. The van der Waals surface area contributed by atoms with Gasteiger partial charge in [-0.2, -0.15) is 0 Å². The summed E-state index contributed by atoms with van der Waals surface area (Å²) in [6.45, 7) is 3.99. The molecule has 0 aliphatic carbocycles. The lowest BCUT2D eigenvalue weighted by Gasteiger charge is -2.09. The molecule has 1 aromatic heterocycles. The maximum Gasteiger partial charge on any atom is 0.291 e. The van der Waals surface area contributed by atoms with Crippen LogP contribution in [0.2, 0.25) is 0 Å². The molecule has 0 aliphatic rings. The van der Waals surface area contributed by atoms with Crippen LogP contribution in [0.15, 0.2) is 56.2 Å². The molecule has 0 fully saturated rings. The first kappa shape index (κ1) is 16.1. The number of aryl methyl sites for hydroxylation is 1. The van der Waals surface area contributed by atoms with E-state index in [4.69, 9.17) is 4.42 Å². The van der Waals surface area contributed by atoms with Crippen molar-refractivity contribution >= 4 is 50.3 Å². The Hall–Kier alpha value is -1.72. The van der Waals surface area contributed by atoms with Crippen LogP contribution in [0.1, 0.15) is 23.0 Å². The Bertz CT molecular complexity index is 873. The zero-order valence-electron chi connectivity index (χ0n) is 12.9. The third-order valence-corrected chi connectivity index (χ3v) is 4.99. The van der Waals surface area contributed by atoms with Gasteiger partial charge in [-0.1, -0.05) is 35.0 Å². The molecule has 1 N–H and O–H groups in total. The van der Waals surface area contributed by atoms with E-state index in [0.29, 0.717) is 11.3 Å². The fourth-order valence-corrected chi connectivity index (χ4v) is 3.55. The predicted molar refractivity (Wildman–Crippen MR) is 99.4 cm³/mol. The molecule has 0 unspecified atom stereocenters. The van der Waals surface area contributed by atoms with Gasteiger partial charge in [0, 0.05) is 20.3 Å². The first-order valence-electron chi connectivity index (χ1n) is 7.32. The van der Waals surface area contributed by atoms with E-state index in [-0.39, 0.29) is 5.91 Å². The summed E-state index contributed by atoms with van der Waals surface area (Å²) in [7, 11) is 0. The summed E-state index contributed by atoms with van der Waals surface area (Å²) >= 11 is 5.12. The number of para-hydroxylation sites is 1. The highest BCUT2D eigenvalue weighted by Crippen LogP contribution is 2.30. The first-order chi connectivity index (χ1) is 11.1. The Labute approximate surface area is 147 Å². The lowest BCUT2D eigenvalue weighted by molar-refractivity contribution is 0.0997. The van der Waals surface area contributed by atoms with Gasteiger partial charge < -0.3 is 9.73 Å². The van der Waals surface area contributed by atoms with Gasteiger partial charge in [-0.3, -0.25) is 4.79 Å². The number of hydrogen-bond acceptors (Lipinski definition) is 3. The molecule has 118 valence electrons. The van der Waals surface area contributed by atoms with Crippen LogP contribution in [0, 0.1) is 6.92 Å². The van der Waals surface area contributed by atoms with E-state index in [1.165, 1.54) is 0 Å². The number of rotatable bonds is 4. The SMILES string of the molecule is CCSc1ccccc1NC(=O)c1oc2cc(Br)ccc2c1C. The number of thioether (sulfide) groups is 1. The molecule has 0 aliphatic heterocycles. The van der Waals surface area contributed by atoms with Crippen molar-refractivity contribution in [1.82, 2.24) is 0 Å². The highest BCUT2D eigenvalue weighted by atomic mass is 79.9. The second kappa shape index (κ2) is 6.81. The minimum atomic E-state index is -0.223. The average Bonchev–Trinajstić information content (AvgIpc) is 2.86. The quantitative estimate of drug-likeness (QED) is 0.567. The minimum Gasteiger partial charge on any atom is -0.451 e. The van der Waals surface area contributed by atoms with Crippen molar-refractivity contribution in [3.63, 3.8) is 0 Å². The zero-order chi connectivity index (χ0) is 16.4. The van der Waals surface area contributed by atoms with Gasteiger partial charge in [0.15, 0.2) is 5.76 Å². The van der Waals surface area contributed by atoms with Crippen molar-refractivity contribution in [2.75, 3.05) is 11.1 Å². The average molecular weight is 390 g/mol. The number of halogens is 1. The van der Waals surface area contributed by atoms with Crippen LogP contribution in [0.25, 0.3) is 11.0 Å². The number of carbonyl (C=O) groups is 1. The number of amides is 1. The van der Waals surface area contributed by atoms with Crippen molar-refractivity contribution in [2.24, 2.45) is 0 Å². The van der Waals surface area contributed by atoms with E-state index in [2.05, 4.69) is 28.2 Å². The molecule has 0 spiro atoms. The number of benzene rings is 2. The predicted octanol–water partition coefficient (Wildman–Crippen LogP) is 5.87. The third-order valence-electron chi connectivity index (χ3n) is 3.54. The largest absolute Gasteiger partial charge is 0.451 e. The summed E-state index contributed by atoms with van der Waals surface area (Å²) in [6, 6.07) is 13.6. The highest BCUT2D eigenvalue weighted by Gasteiger charge is 2.18. The lowest BCUT2D eigenvalue weighted by Crippen LogP contribution is -2.12. The molecular weight excluding hydrogens is 374 g/mol. The fourth-order valence-electron chi connectivity index (χ4n) is 2.45. The number of anilines is 1. The molecule has 2 aromatic carbocycles. The van der Waals surface area contributed by atoms with Gasteiger partial charge in [-0.15, -0.1) is 11.8 Å². The smallest absolute Gasteiger partial charge is 0.291 e. The second-order valence-corrected chi connectivity index (χ2v) is 7.30. The van der Waals surface area contributed by atoms with Crippen molar-refractivity contribution in [1.29, 1.82) is 0 Å². The monoisotopic (exact) mass is 389 g/mol. The Morgan fingerprint density at radius 1 is 1.26 bits per heavy atom. The Balaban J connectivity index is 1.94. The van der Waals surface area contributed by atoms with E-state index in [0.717, 1.165) is 31.8 Å². The summed E-state index contributed by atoms with van der Waals surface area (Å²) in [5.41, 5.74) is 2.37. The molecule has 0 bridgehead atoms. The molecule has 0 radical (unpaired) electrons. The molecule has 5 heteroatoms. The van der Waals surface area contributed by atoms with Gasteiger partial charge in [0.05, 0.1) is 5.69 Å². The Morgan fingerprint density at radius 2 is 2.04 bits per heavy atom. The van der Waals surface area contributed by atoms with Crippen molar-refractivity contribution in [2.45, 2.75) is 18.7 Å². The minimum absolute atomic E-state index is 0.223. The summed E-state index contributed by atoms with van der Waals surface area (Å²) in [6.07, 6.45) is 0. The van der Waals surface area contributed by atoms with Crippen LogP contribution in [0.4, 0.5) is 5.69 Å². The molecule has 3 nitrogen and oxygen atoms in total. The van der Waals surface area contributed by atoms with E-state index in [9.17, 15) is 4.79 Å². The van der Waals surface area contributed by atoms with E-state index in [1.54, 1.807) is 11.8 Å². The molecule has 1 heterocycles. The Morgan fingerprint density at radius 3 is 2.83 bits per heavy atom. The molecule has 1 amide bonds. The summed E-state index contributed by atoms with van der Waals surface area (Å²) < 4.78 is 6.69. The van der Waals surface area contributed by atoms with Gasteiger partial charge in [-0.25, -0.2) is 0 Å². The van der Waals surface area contributed by atoms with Crippen LogP contribution in [-0.2, 0) is 0 Å². The zero-order valence-corrected chi connectivity index (χ0v) is 15.3. The lowest BCUT2D eigenvalue weighted by atomic mass is 10.1. The van der Waals surface area contributed by atoms with Gasteiger partial charge in [0.1, 0.15) is 5.58 Å². The molecule has 23 heavy (non-hydrogen) atoms. The van der Waals surface area contributed by atoms with Crippen LogP contribution < -0.4 is 5.32 Å². The van der Waals surface area contributed by atoms with Crippen LogP contribution in [-0.4, -0.2) is 11.7 Å². The first-order valence-corrected chi connectivity index (χ1v) is 9.10. The van der Waals surface area contributed by atoms with Crippen LogP contribution >= 0.6 is 27.7 Å². The molecule has 0 atom stereocenters. The Kier molecular flexibility index (Phi) is 4.78. The molecule has 3 aromatic rings. The molecule has 0 saturated carbocycles. The maximum atomic E-state index is 12.6. The molecule has 0 saturated heterocycles. The number of hydrogen-bond donors (Lipinski definition) is 1. The van der Waals surface area contributed by atoms with E-state index >= 15 is 0 Å². The number of nitrogens with one attached hydrogen (secondary N) is 1. The van der Waals surface area contributed by atoms with Crippen molar-refractivity contribution in [3.8, 4) is 0 Å². The van der Waals surface area contributed by atoms with Crippen molar-refractivity contribution in [3.05, 3.63) is 58.3 Å². The van der Waals surface area contributed by atoms with Gasteiger partial charge in [0.25, 0.3) is 5.91 Å². The van der Waals surface area contributed by atoms with E-state index < -0.39 is 0 Å². The highest BCUT2D eigenvalue weighted by molar-refractivity contribution is 9.10. The van der Waals surface area contributed by atoms with Gasteiger partial charge in [0.2, 0.25) is 0 Å². The van der Waals surface area contributed by atoms with E-state index in [1.807, 2.05) is 49.4 Å². The standard InChI is InChI=1S/C18H16BrNO2S/c1-3-23-16-7-5-4-6-14(16)20-18(21)17-11(2)13-9-8-12(19)10-15(13)22-17/h4-10H,3H2,1-2H3,(H,20,21). The summed E-state index contributed by atoms with van der Waals surface area (Å²) in [5, 5.41) is 3.92. The fraction of sp³-hybridized carbons (Fsp3) is 0.167. The van der Waals surface area contributed by atoms with Crippen LogP contribution in [0.3, 0.4) is 0 Å². The van der Waals surface area contributed by atoms with Crippen LogP contribution in [0.5, 0.6) is 0 Å². The second-order valence-electron chi connectivity index (χ2n) is 5.08. The number of carbonyl (C=O) groups excluding carboxylic acids is 1. The molecule has 3 rings (SSSR count). The summed E-state index contributed by atoms with van der Waals surface area (Å²) in [4.78, 5) is 13.7. The van der Waals surface area contributed by atoms with Crippen molar-refractivity contribution < 1.29 is 9.21 Å².